The molecule has 1 aromatic rings. The lowest BCUT2D eigenvalue weighted by molar-refractivity contribution is -0.123. The van der Waals surface area contributed by atoms with Gasteiger partial charge in [0, 0.05) is 31.9 Å². The molecule has 0 radical (unpaired) electrons. The number of hydrogen-bond donors (Lipinski definition) is 1. The van der Waals surface area contributed by atoms with E-state index in [0.717, 1.165) is 39.0 Å². The van der Waals surface area contributed by atoms with Crippen molar-refractivity contribution < 1.29 is 4.79 Å². The largest absolute Gasteiger partial charge is 0.369 e. The number of amides is 1. The lowest BCUT2D eigenvalue weighted by atomic mass is 9.94. The van der Waals surface area contributed by atoms with Crippen LogP contribution in [-0.4, -0.2) is 49.1 Å². The van der Waals surface area contributed by atoms with Gasteiger partial charge < -0.3 is 10.2 Å². The number of anilines is 1. The molecular formula is C19H27N3O. The van der Waals surface area contributed by atoms with Crippen LogP contribution in [0.25, 0.3) is 0 Å². The number of terminal acetylenes is 1. The van der Waals surface area contributed by atoms with Gasteiger partial charge in [-0.25, -0.2) is 0 Å². The zero-order valence-corrected chi connectivity index (χ0v) is 14.2. The monoisotopic (exact) mass is 313 g/mol. The highest BCUT2D eigenvalue weighted by Crippen LogP contribution is 2.16. The zero-order chi connectivity index (χ0) is 16.7. The summed E-state index contributed by atoms with van der Waals surface area (Å²) in [7, 11) is 0. The maximum absolute atomic E-state index is 12.3. The molecule has 0 atom stereocenters. The number of nitrogens with one attached hydrogen (secondary N) is 1. The molecule has 4 nitrogen and oxygen atoms in total. The SMILES string of the molecule is C#CC(CC)(CC)NC(=O)CN1CCN(c2ccccc2)CC1. The Bertz CT molecular complexity index is 537. The van der Waals surface area contributed by atoms with Crippen LogP contribution in [0.4, 0.5) is 5.69 Å². The molecule has 2 rings (SSSR count). The number of para-hydroxylation sites is 1. The quantitative estimate of drug-likeness (QED) is 0.817. The Kier molecular flexibility index (Phi) is 6.06. The fraction of sp³-hybridized carbons (Fsp3) is 0.526. The van der Waals surface area contributed by atoms with Gasteiger partial charge in [0.25, 0.3) is 0 Å². The Balaban J connectivity index is 1.82. The van der Waals surface area contributed by atoms with Gasteiger partial charge in [0.05, 0.1) is 6.54 Å². The van der Waals surface area contributed by atoms with Gasteiger partial charge in [-0.15, -0.1) is 6.42 Å². The normalized spacial score (nSPS) is 16.0. The summed E-state index contributed by atoms with van der Waals surface area (Å²) in [5.74, 6) is 2.78. The van der Waals surface area contributed by atoms with E-state index in [1.165, 1.54) is 5.69 Å². The van der Waals surface area contributed by atoms with E-state index in [9.17, 15) is 4.79 Å². The average molecular weight is 313 g/mol. The Morgan fingerprint density at radius 2 is 1.78 bits per heavy atom. The van der Waals surface area contributed by atoms with Gasteiger partial charge in [0.15, 0.2) is 0 Å². The first-order chi connectivity index (χ1) is 11.1. The first-order valence-corrected chi connectivity index (χ1v) is 8.43. The van der Waals surface area contributed by atoms with Crippen LogP contribution in [0.5, 0.6) is 0 Å². The molecular weight excluding hydrogens is 286 g/mol. The number of piperazine rings is 1. The van der Waals surface area contributed by atoms with Crippen molar-refractivity contribution in [2.45, 2.75) is 32.2 Å². The van der Waals surface area contributed by atoms with Crippen LogP contribution in [-0.2, 0) is 4.79 Å². The predicted molar refractivity (Wildman–Crippen MR) is 95.4 cm³/mol. The molecule has 124 valence electrons. The molecule has 0 aromatic heterocycles. The summed E-state index contributed by atoms with van der Waals surface area (Å²) in [4.78, 5) is 16.8. The van der Waals surface area contributed by atoms with Crippen LogP contribution in [0.3, 0.4) is 0 Å². The van der Waals surface area contributed by atoms with Gasteiger partial charge in [-0.1, -0.05) is 38.0 Å². The zero-order valence-electron chi connectivity index (χ0n) is 14.2. The molecule has 1 aliphatic rings. The fourth-order valence-corrected chi connectivity index (χ4v) is 2.98. The van der Waals surface area contributed by atoms with E-state index in [4.69, 9.17) is 6.42 Å². The molecule has 1 fully saturated rings. The molecule has 0 aliphatic carbocycles. The highest BCUT2D eigenvalue weighted by atomic mass is 16.2. The summed E-state index contributed by atoms with van der Waals surface area (Å²) < 4.78 is 0. The molecule has 0 spiro atoms. The van der Waals surface area contributed by atoms with E-state index in [0.29, 0.717) is 6.54 Å². The third-order valence-electron chi connectivity index (χ3n) is 4.72. The van der Waals surface area contributed by atoms with E-state index in [1.54, 1.807) is 0 Å². The smallest absolute Gasteiger partial charge is 0.235 e. The van der Waals surface area contributed by atoms with Gasteiger partial charge in [0.2, 0.25) is 5.91 Å². The highest BCUT2D eigenvalue weighted by Gasteiger charge is 2.27. The molecule has 1 heterocycles. The number of benzene rings is 1. The number of carbonyl (C=O) groups is 1. The van der Waals surface area contributed by atoms with Crippen LogP contribution < -0.4 is 10.2 Å². The van der Waals surface area contributed by atoms with Crippen LogP contribution in [0.1, 0.15) is 26.7 Å². The number of carbonyl (C=O) groups excluding carboxylic acids is 1. The van der Waals surface area contributed by atoms with Gasteiger partial charge in [-0.3, -0.25) is 9.69 Å². The number of nitrogens with zero attached hydrogens (tertiary/aromatic N) is 2. The van der Waals surface area contributed by atoms with Crippen molar-refractivity contribution in [2.75, 3.05) is 37.6 Å². The summed E-state index contributed by atoms with van der Waals surface area (Å²) in [5.41, 5.74) is 0.753. The first kappa shape index (κ1) is 17.4. The Hall–Kier alpha value is -1.99. The van der Waals surface area contributed by atoms with Crippen molar-refractivity contribution >= 4 is 11.6 Å². The molecule has 1 aliphatic heterocycles. The molecule has 0 bridgehead atoms. The van der Waals surface area contributed by atoms with Crippen molar-refractivity contribution in [3.8, 4) is 12.3 Å². The van der Waals surface area contributed by atoms with Gasteiger partial charge in [0.1, 0.15) is 5.54 Å². The van der Waals surface area contributed by atoms with Gasteiger partial charge in [-0.05, 0) is 25.0 Å². The summed E-state index contributed by atoms with van der Waals surface area (Å²) in [5, 5.41) is 3.04. The minimum absolute atomic E-state index is 0.0276. The molecule has 1 amide bonds. The van der Waals surface area contributed by atoms with Crippen LogP contribution in [0, 0.1) is 12.3 Å². The molecule has 1 N–H and O–H groups in total. The third kappa shape index (κ3) is 4.49. The summed E-state index contributed by atoms with van der Waals surface area (Å²) in [6, 6.07) is 10.4. The lowest BCUT2D eigenvalue weighted by Gasteiger charge is -2.36. The Labute approximate surface area is 139 Å². The number of hydrogen-bond acceptors (Lipinski definition) is 3. The highest BCUT2D eigenvalue weighted by molar-refractivity contribution is 5.79. The van der Waals surface area contributed by atoms with Gasteiger partial charge >= 0.3 is 0 Å². The third-order valence-corrected chi connectivity index (χ3v) is 4.72. The lowest BCUT2D eigenvalue weighted by Crippen LogP contribution is -2.53. The molecule has 1 aromatic carbocycles. The predicted octanol–water partition coefficient (Wildman–Crippen LogP) is 2.12. The fourth-order valence-electron chi connectivity index (χ4n) is 2.98. The van der Waals surface area contributed by atoms with Crippen LogP contribution >= 0.6 is 0 Å². The van der Waals surface area contributed by atoms with E-state index in [-0.39, 0.29) is 5.91 Å². The Morgan fingerprint density at radius 3 is 2.30 bits per heavy atom. The van der Waals surface area contributed by atoms with Crippen molar-refractivity contribution in [1.82, 2.24) is 10.2 Å². The second-order valence-electron chi connectivity index (χ2n) is 6.08. The first-order valence-electron chi connectivity index (χ1n) is 8.43. The van der Waals surface area contributed by atoms with Crippen molar-refractivity contribution in [1.29, 1.82) is 0 Å². The second-order valence-corrected chi connectivity index (χ2v) is 6.08. The van der Waals surface area contributed by atoms with Gasteiger partial charge in [-0.2, -0.15) is 0 Å². The van der Waals surface area contributed by atoms with Crippen molar-refractivity contribution in [3.05, 3.63) is 30.3 Å². The van der Waals surface area contributed by atoms with E-state index in [1.807, 2.05) is 19.9 Å². The summed E-state index contributed by atoms with van der Waals surface area (Å²) in [6.07, 6.45) is 7.12. The topological polar surface area (TPSA) is 35.6 Å². The minimum atomic E-state index is -0.497. The molecule has 23 heavy (non-hydrogen) atoms. The molecule has 4 heteroatoms. The summed E-state index contributed by atoms with van der Waals surface area (Å²) >= 11 is 0. The van der Waals surface area contributed by atoms with E-state index < -0.39 is 5.54 Å². The van der Waals surface area contributed by atoms with Crippen LogP contribution in [0.2, 0.25) is 0 Å². The molecule has 0 unspecified atom stereocenters. The van der Waals surface area contributed by atoms with Crippen molar-refractivity contribution in [3.63, 3.8) is 0 Å². The number of rotatable bonds is 6. The standard InChI is InChI=1S/C19H27N3O/c1-4-19(5-2,6-3)20-18(23)16-21-12-14-22(15-13-21)17-10-8-7-9-11-17/h1,7-11H,5-6,12-16H2,2-3H3,(H,20,23). The maximum atomic E-state index is 12.3. The average Bonchev–Trinajstić information content (AvgIpc) is 2.61. The Morgan fingerprint density at radius 1 is 1.17 bits per heavy atom. The van der Waals surface area contributed by atoms with E-state index >= 15 is 0 Å². The summed E-state index contributed by atoms with van der Waals surface area (Å²) in [6.45, 7) is 8.13. The minimum Gasteiger partial charge on any atom is -0.369 e. The maximum Gasteiger partial charge on any atom is 0.235 e. The van der Waals surface area contributed by atoms with Crippen LogP contribution in [0.15, 0.2) is 30.3 Å². The van der Waals surface area contributed by atoms with E-state index in [2.05, 4.69) is 45.3 Å². The second kappa shape index (κ2) is 8.03. The van der Waals surface area contributed by atoms with Crippen molar-refractivity contribution in [2.24, 2.45) is 0 Å². The molecule has 1 saturated heterocycles. The molecule has 0 saturated carbocycles.